The third-order valence-electron chi connectivity index (χ3n) is 3.68. The molecule has 0 atom stereocenters. The highest BCUT2D eigenvalue weighted by atomic mass is 35.5. The number of fused-ring (bicyclic) bond motifs is 1. The van der Waals surface area contributed by atoms with E-state index in [1.807, 2.05) is 0 Å². The van der Waals surface area contributed by atoms with Gasteiger partial charge in [0, 0.05) is 6.42 Å². The Bertz CT molecular complexity index is 483. The second-order valence-corrected chi connectivity index (χ2v) is 5.35. The molecule has 2 rings (SSSR count). The van der Waals surface area contributed by atoms with Gasteiger partial charge in [-0.2, -0.15) is 0 Å². The molecule has 1 aliphatic carbocycles. The van der Waals surface area contributed by atoms with Gasteiger partial charge in [0.25, 0.3) is 0 Å². The van der Waals surface area contributed by atoms with Crippen molar-refractivity contribution in [3.63, 3.8) is 0 Å². The molecule has 0 saturated heterocycles. The van der Waals surface area contributed by atoms with Crippen LogP contribution in [0.3, 0.4) is 0 Å². The van der Waals surface area contributed by atoms with Gasteiger partial charge in [-0.15, -0.1) is 0 Å². The highest BCUT2D eigenvalue weighted by molar-refractivity contribution is 6.33. The third-order valence-corrected chi connectivity index (χ3v) is 4.08. The van der Waals surface area contributed by atoms with Crippen LogP contribution in [-0.4, -0.2) is 18.2 Å². The molecular weight excluding hydrogens is 264 g/mol. The van der Waals surface area contributed by atoms with Crippen molar-refractivity contribution in [3.8, 4) is 5.75 Å². The summed E-state index contributed by atoms with van der Waals surface area (Å²) in [6.45, 7) is 0. The molecule has 0 saturated carbocycles. The van der Waals surface area contributed by atoms with Crippen molar-refractivity contribution in [2.45, 2.75) is 44.9 Å². The Morgan fingerprint density at radius 2 is 2.11 bits per heavy atom. The lowest BCUT2D eigenvalue weighted by atomic mass is 9.96. The molecule has 3 nitrogen and oxygen atoms in total. The first-order valence-corrected chi connectivity index (χ1v) is 7.10. The maximum absolute atomic E-state index is 10.7. The Labute approximate surface area is 118 Å². The van der Waals surface area contributed by atoms with E-state index in [9.17, 15) is 4.79 Å². The van der Waals surface area contributed by atoms with Crippen LogP contribution in [0.25, 0.3) is 0 Å². The molecule has 4 heteroatoms. The van der Waals surface area contributed by atoms with Crippen LogP contribution in [0.2, 0.25) is 5.02 Å². The third kappa shape index (κ3) is 3.21. The summed E-state index contributed by atoms with van der Waals surface area (Å²) in [5, 5.41) is 9.50. The van der Waals surface area contributed by atoms with Crippen molar-refractivity contribution in [2.24, 2.45) is 0 Å². The molecule has 0 bridgehead atoms. The summed E-state index contributed by atoms with van der Waals surface area (Å²) in [7, 11) is 1.59. The highest BCUT2D eigenvalue weighted by Crippen LogP contribution is 2.38. The fourth-order valence-electron chi connectivity index (χ4n) is 2.72. The number of ether oxygens (including phenoxy) is 1. The quantitative estimate of drug-likeness (QED) is 0.858. The van der Waals surface area contributed by atoms with Gasteiger partial charge in [-0.1, -0.05) is 24.1 Å². The van der Waals surface area contributed by atoms with E-state index in [0.717, 1.165) is 24.8 Å². The summed E-state index contributed by atoms with van der Waals surface area (Å²) in [4.78, 5) is 10.7. The average Bonchev–Trinajstić information content (AvgIpc) is 2.61. The number of halogens is 1. The molecular formula is C15H19ClO3. The second kappa shape index (κ2) is 6.29. The molecule has 0 heterocycles. The number of hydrogen-bond donors (Lipinski definition) is 1. The molecule has 1 aromatic rings. The second-order valence-electron chi connectivity index (χ2n) is 4.97. The highest BCUT2D eigenvalue weighted by Gasteiger charge is 2.19. The van der Waals surface area contributed by atoms with E-state index in [1.54, 1.807) is 7.11 Å². The topological polar surface area (TPSA) is 46.5 Å². The van der Waals surface area contributed by atoms with E-state index in [1.165, 1.54) is 24.0 Å². The van der Waals surface area contributed by atoms with Crippen molar-refractivity contribution >= 4 is 17.6 Å². The van der Waals surface area contributed by atoms with Crippen LogP contribution in [0, 0.1) is 0 Å². The van der Waals surface area contributed by atoms with Gasteiger partial charge in [-0.3, -0.25) is 4.79 Å². The van der Waals surface area contributed by atoms with E-state index in [4.69, 9.17) is 21.4 Å². The molecule has 0 radical (unpaired) electrons. The van der Waals surface area contributed by atoms with Crippen LogP contribution in [0.1, 0.15) is 42.4 Å². The number of aryl methyl sites for hydroxylation is 2. The van der Waals surface area contributed by atoms with Crippen LogP contribution < -0.4 is 4.74 Å². The van der Waals surface area contributed by atoms with Crippen molar-refractivity contribution in [2.75, 3.05) is 7.11 Å². The number of carboxylic acid groups (broad SMARTS) is 1. The van der Waals surface area contributed by atoms with Crippen molar-refractivity contribution in [1.82, 2.24) is 0 Å². The van der Waals surface area contributed by atoms with E-state index in [0.29, 0.717) is 17.2 Å². The normalized spacial score (nSPS) is 14.6. The van der Waals surface area contributed by atoms with Gasteiger partial charge in [0.15, 0.2) is 0 Å². The number of carbonyl (C=O) groups is 1. The van der Waals surface area contributed by atoms with Crippen molar-refractivity contribution in [3.05, 3.63) is 27.8 Å². The van der Waals surface area contributed by atoms with Gasteiger partial charge in [0.05, 0.1) is 12.1 Å². The SMILES string of the molecule is COc1c(CCC(=O)O)cc2c(c1Cl)CCCCC2. The van der Waals surface area contributed by atoms with Crippen LogP contribution in [0.15, 0.2) is 6.07 Å². The summed E-state index contributed by atoms with van der Waals surface area (Å²) in [6.07, 6.45) is 6.13. The first-order chi connectivity index (χ1) is 9.13. The standard InChI is InChI=1S/C15H19ClO3/c1-19-15-11(7-8-13(17)18)9-10-5-3-2-4-6-12(10)14(15)16/h9H,2-8H2,1H3,(H,17,18). The number of hydrogen-bond acceptors (Lipinski definition) is 2. The molecule has 19 heavy (non-hydrogen) atoms. The lowest BCUT2D eigenvalue weighted by Gasteiger charge is -2.16. The summed E-state index contributed by atoms with van der Waals surface area (Å²) < 4.78 is 5.39. The van der Waals surface area contributed by atoms with E-state index in [2.05, 4.69) is 6.07 Å². The number of methoxy groups -OCH3 is 1. The summed E-state index contributed by atoms with van der Waals surface area (Å²) in [5.74, 6) is -0.142. The first kappa shape index (κ1) is 14.2. The lowest BCUT2D eigenvalue weighted by Crippen LogP contribution is -2.03. The molecule has 0 aromatic heterocycles. The molecule has 0 unspecified atom stereocenters. The van der Waals surface area contributed by atoms with E-state index >= 15 is 0 Å². The smallest absolute Gasteiger partial charge is 0.303 e. The largest absolute Gasteiger partial charge is 0.495 e. The Kier molecular flexibility index (Phi) is 4.70. The zero-order valence-corrected chi connectivity index (χ0v) is 11.9. The maximum Gasteiger partial charge on any atom is 0.303 e. The average molecular weight is 283 g/mol. The number of benzene rings is 1. The molecule has 1 N–H and O–H groups in total. The lowest BCUT2D eigenvalue weighted by molar-refractivity contribution is -0.136. The fourth-order valence-corrected chi connectivity index (χ4v) is 3.13. The van der Waals surface area contributed by atoms with Crippen LogP contribution in [0.4, 0.5) is 0 Å². The zero-order chi connectivity index (χ0) is 13.8. The zero-order valence-electron chi connectivity index (χ0n) is 11.2. The minimum atomic E-state index is -0.798. The fraction of sp³-hybridized carbons (Fsp3) is 0.533. The Balaban J connectivity index is 2.39. The summed E-state index contributed by atoms with van der Waals surface area (Å²) in [5.41, 5.74) is 3.37. The van der Waals surface area contributed by atoms with E-state index < -0.39 is 5.97 Å². The van der Waals surface area contributed by atoms with Crippen LogP contribution in [-0.2, 0) is 24.1 Å². The molecule has 0 fully saturated rings. The molecule has 0 amide bonds. The van der Waals surface area contributed by atoms with Crippen molar-refractivity contribution < 1.29 is 14.6 Å². The van der Waals surface area contributed by atoms with Gasteiger partial charge in [0.1, 0.15) is 5.75 Å². The van der Waals surface area contributed by atoms with Gasteiger partial charge in [-0.05, 0) is 48.8 Å². The Hall–Kier alpha value is -1.22. The minimum absolute atomic E-state index is 0.103. The molecule has 1 aliphatic rings. The predicted molar refractivity (Wildman–Crippen MR) is 75.2 cm³/mol. The number of aliphatic carboxylic acids is 1. The summed E-state index contributed by atoms with van der Waals surface area (Å²) >= 11 is 6.45. The Morgan fingerprint density at radius 3 is 2.79 bits per heavy atom. The van der Waals surface area contributed by atoms with Gasteiger partial charge >= 0.3 is 5.97 Å². The van der Waals surface area contributed by atoms with Crippen LogP contribution in [0.5, 0.6) is 5.75 Å². The first-order valence-electron chi connectivity index (χ1n) is 6.72. The molecule has 0 aliphatic heterocycles. The number of rotatable bonds is 4. The predicted octanol–water partition coefficient (Wildman–Crippen LogP) is 3.63. The molecule has 1 aromatic carbocycles. The van der Waals surface area contributed by atoms with Gasteiger partial charge < -0.3 is 9.84 Å². The Morgan fingerprint density at radius 1 is 1.37 bits per heavy atom. The van der Waals surface area contributed by atoms with Crippen LogP contribution >= 0.6 is 11.6 Å². The van der Waals surface area contributed by atoms with Gasteiger partial charge in [-0.25, -0.2) is 0 Å². The van der Waals surface area contributed by atoms with Crippen molar-refractivity contribution in [1.29, 1.82) is 0 Å². The number of carboxylic acids is 1. The monoisotopic (exact) mass is 282 g/mol. The minimum Gasteiger partial charge on any atom is -0.495 e. The molecule has 0 spiro atoms. The molecule has 104 valence electrons. The summed E-state index contributed by atoms with van der Waals surface area (Å²) in [6, 6.07) is 2.09. The van der Waals surface area contributed by atoms with Gasteiger partial charge in [0.2, 0.25) is 0 Å². The van der Waals surface area contributed by atoms with E-state index in [-0.39, 0.29) is 6.42 Å². The maximum atomic E-state index is 10.7.